The van der Waals surface area contributed by atoms with Crippen molar-refractivity contribution < 1.29 is 9.21 Å². The molecule has 0 saturated heterocycles. The standard InChI is InChI=1S/C12H14N2O2S.ClH/c13-7-10-6-9(8-16-10)12(15)14-4-3-11-2-1-5-17-11;/h1-2,5-6,8H,3-4,7,13H2,(H,14,15);1H. The molecule has 0 bridgehead atoms. The van der Waals surface area contributed by atoms with Crippen LogP contribution >= 0.6 is 23.7 Å². The van der Waals surface area contributed by atoms with Crippen LogP contribution in [-0.4, -0.2) is 12.5 Å². The molecule has 0 fully saturated rings. The van der Waals surface area contributed by atoms with Gasteiger partial charge in [0.05, 0.1) is 12.1 Å². The molecule has 18 heavy (non-hydrogen) atoms. The highest BCUT2D eigenvalue weighted by Gasteiger charge is 2.08. The molecule has 2 aromatic rings. The fraction of sp³-hybridized carbons (Fsp3) is 0.250. The van der Waals surface area contributed by atoms with Crippen LogP contribution in [0.25, 0.3) is 0 Å². The fourth-order valence-electron chi connectivity index (χ4n) is 1.46. The Morgan fingerprint density at radius 3 is 2.94 bits per heavy atom. The smallest absolute Gasteiger partial charge is 0.254 e. The van der Waals surface area contributed by atoms with Gasteiger partial charge in [-0.25, -0.2) is 0 Å². The Kier molecular flexibility index (Phi) is 5.91. The molecule has 0 radical (unpaired) electrons. The van der Waals surface area contributed by atoms with Gasteiger partial charge in [0, 0.05) is 11.4 Å². The molecule has 2 heterocycles. The highest BCUT2D eigenvalue weighted by Crippen LogP contribution is 2.09. The Morgan fingerprint density at radius 1 is 1.50 bits per heavy atom. The molecule has 0 aliphatic carbocycles. The van der Waals surface area contributed by atoms with Gasteiger partial charge >= 0.3 is 0 Å². The number of halogens is 1. The van der Waals surface area contributed by atoms with Gasteiger partial charge in [-0.15, -0.1) is 23.7 Å². The lowest BCUT2D eigenvalue weighted by molar-refractivity contribution is 0.0953. The molecular formula is C12H15ClN2O2S. The second-order valence-electron chi connectivity index (χ2n) is 3.59. The SMILES string of the molecule is Cl.NCc1cc(C(=O)NCCc2cccs2)co1. The van der Waals surface area contributed by atoms with Gasteiger partial charge in [0.15, 0.2) is 0 Å². The third-order valence-electron chi connectivity index (χ3n) is 2.35. The number of hydrogen-bond donors (Lipinski definition) is 2. The summed E-state index contributed by atoms with van der Waals surface area (Å²) in [7, 11) is 0. The quantitative estimate of drug-likeness (QED) is 0.885. The molecule has 0 atom stereocenters. The third-order valence-corrected chi connectivity index (χ3v) is 3.29. The summed E-state index contributed by atoms with van der Waals surface area (Å²) >= 11 is 1.69. The highest BCUT2D eigenvalue weighted by atomic mass is 35.5. The van der Waals surface area contributed by atoms with Crippen molar-refractivity contribution in [1.82, 2.24) is 5.32 Å². The molecule has 0 unspecified atom stereocenters. The summed E-state index contributed by atoms with van der Waals surface area (Å²) < 4.78 is 5.10. The van der Waals surface area contributed by atoms with E-state index in [9.17, 15) is 4.79 Å². The summed E-state index contributed by atoms with van der Waals surface area (Å²) in [6.45, 7) is 0.935. The fourth-order valence-corrected chi connectivity index (χ4v) is 2.17. The molecule has 2 rings (SSSR count). The Balaban J connectivity index is 0.00000162. The first kappa shape index (κ1) is 14.8. The molecule has 4 nitrogen and oxygen atoms in total. The van der Waals surface area contributed by atoms with E-state index in [-0.39, 0.29) is 18.3 Å². The summed E-state index contributed by atoms with van der Waals surface area (Å²) in [6.07, 6.45) is 2.29. The van der Waals surface area contributed by atoms with Crippen LogP contribution in [0, 0.1) is 0 Å². The van der Waals surface area contributed by atoms with E-state index in [1.54, 1.807) is 17.4 Å². The van der Waals surface area contributed by atoms with E-state index in [4.69, 9.17) is 10.2 Å². The van der Waals surface area contributed by atoms with Crippen LogP contribution in [0.15, 0.2) is 34.3 Å². The maximum atomic E-state index is 11.7. The second-order valence-corrected chi connectivity index (χ2v) is 4.62. The first-order valence-electron chi connectivity index (χ1n) is 5.37. The monoisotopic (exact) mass is 286 g/mol. The number of nitrogens with one attached hydrogen (secondary N) is 1. The van der Waals surface area contributed by atoms with E-state index in [0.29, 0.717) is 24.4 Å². The molecule has 0 saturated carbocycles. The average Bonchev–Trinajstić information content (AvgIpc) is 2.99. The minimum atomic E-state index is -0.120. The Hall–Kier alpha value is -1.30. The lowest BCUT2D eigenvalue weighted by atomic mass is 10.3. The maximum Gasteiger partial charge on any atom is 0.254 e. The van der Waals surface area contributed by atoms with Crippen molar-refractivity contribution in [2.75, 3.05) is 6.54 Å². The summed E-state index contributed by atoms with van der Waals surface area (Å²) in [5.41, 5.74) is 5.93. The van der Waals surface area contributed by atoms with Gasteiger partial charge in [-0.1, -0.05) is 6.07 Å². The summed E-state index contributed by atoms with van der Waals surface area (Å²) in [5, 5.41) is 4.87. The van der Waals surface area contributed by atoms with Gasteiger partial charge in [-0.2, -0.15) is 0 Å². The van der Waals surface area contributed by atoms with E-state index in [1.807, 2.05) is 11.4 Å². The largest absolute Gasteiger partial charge is 0.467 e. The zero-order chi connectivity index (χ0) is 12.1. The number of furan rings is 1. The maximum absolute atomic E-state index is 11.7. The lowest BCUT2D eigenvalue weighted by Gasteiger charge is -2.01. The molecule has 6 heteroatoms. The summed E-state index contributed by atoms with van der Waals surface area (Å²) in [5.74, 6) is 0.499. The zero-order valence-electron chi connectivity index (χ0n) is 9.72. The van der Waals surface area contributed by atoms with Crippen LogP contribution in [0.4, 0.5) is 0 Å². The lowest BCUT2D eigenvalue weighted by Crippen LogP contribution is -2.25. The van der Waals surface area contributed by atoms with Gasteiger partial charge in [0.1, 0.15) is 12.0 Å². The average molecular weight is 287 g/mol. The molecule has 0 aromatic carbocycles. The van der Waals surface area contributed by atoms with Crippen molar-refractivity contribution in [3.05, 3.63) is 46.0 Å². The first-order valence-corrected chi connectivity index (χ1v) is 6.25. The third kappa shape index (κ3) is 3.87. The predicted octanol–water partition coefficient (Wildman–Crippen LogP) is 2.19. The normalized spacial score (nSPS) is 9.83. The van der Waals surface area contributed by atoms with E-state index in [2.05, 4.69) is 11.4 Å². The van der Waals surface area contributed by atoms with Gasteiger partial charge in [-0.3, -0.25) is 4.79 Å². The zero-order valence-corrected chi connectivity index (χ0v) is 11.4. The molecular weight excluding hydrogens is 272 g/mol. The van der Waals surface area contributed by atoms with Crippen LogP contribution in [0.1, 0.15) is 21.0 Å². The van der Waals surface area contributed by atoms with Crippen molar-refractivity contribution in [1.29, 1.82) is 0 Å². The highest BCUT2D eigenvalue weighted by molar-refractivity contribution is 7.09. The van der Waals surface area contributed by atoms with Crippen molar-refractivity contribution in [3.8, 4) is 0 Å². The number of nitrogens with two attached hydrogens (primary N) is 1. The van der Waals surface area contributed by atoms with E-state index in [0.717, 1.165) is 6.42 Å². The summed E-state index contributed by atoms with van der Waals surface area (Å²) in [6, 6.07) is 5.73. The second kappa shape index (κ2) is 7.20. The van der Waals surface area contributed by atoms with Gasteiger partial charge in [0.2, 0.25) is 0 Å². The Labute approximate surface area is 116 Å². The van der Waals surface area contributed by atoms with E-state index >= 15 is 0 Å². The van der Waals surface area contributed by atoms with Crippen LogP contribution in [-0.2, 0) is 13.0 Å². The predicted molar refractivity (Wildman–Crippen MR) is 74.2 cm³/mol. The van der Waals surface area contributed by atoms with Crippen LogP contribution in [0.5, 0.6) is 0 Å². The van der Waals surface area contributed by atoms with E-state index in [1.165, 1.54) is 11.1 Å². The number of thiophene rings is 1. The molecule has 3 N–H and O–H groups in total. The van der Waals surface area contributed by atoms with Crippen LogP contribution < -0.4 is 11.1 Å². The molecule has 2 aromatic heterocycles. The minimum Gasteiger partial charge on any atom is -0.467 e. The van der Waals surface area contributed by atoms with Crippen LogP contribution in [0.2, 0.25) is 0 Å². The molecule has 1 amide bonds. The number of amides is 1. The van der Waals surface area contributed by atoms with Crippen molar-refractivity contribution >= 4 is 29.7 Å². The van der Waals surface area contributed by atoms with E-state index < -0.39 is 0 Å². The Bertz CT molecular complexity index is 482. The number of hydrogen-bond acceptors (Lipinski definition) is 4. The number of carbonyl (C=O) groups excluding carboxylic acids is 1. The minimum absolute atomic E-state index is 0. The van der Waals surface area contributed by atoms with Crippen molar-refractivity contribution in [3.63, 3.8) is 0 Å². The molecule has 0 aliphatic rings. The summed E-state index contributed by atoms with van der Waals surface area (Å²) in [4.78, 5) is 13.0. The van der Waals surface area contributed by atoms with Crippen molar-refractivity contribution in [2.24, 2.45) is 5.73 Å². The number of carbonyl (C=O) groups is 1. The van der Waals surface area contributed by atoms with Gasteiger partial charge in [0.25, 0.3) is 5.91 Å². The molecule has 0 aliphatic heterocycles. The van der Waals surface area contributed by atoms with Gasteiger partial charge < -0.3 is 15.5 Å². The van der Waals surface area contributed by atoms with Crippen molar-refractivity contribution in [2.45, 2.75) is 13.0 Å². The molecule has 98 valence electrons. The number of rotatable bonds is 5. The van der Waals surface area contributed by atoms with Crippen LogP contribution in [0.3, 0.4) is 0 Å². The Morgan fingerprint density at radius 2 is 2.33 bits per heavy atom. The topological polar surface area (TPSA) is 68.3 Å². The molecule has 0 spiro atoms. The van der Waals surface area contributed by atoms with Gasteiger partial charge in [-0.05, 0) is 23.9 Å². The first-order chi connectivity index (χ1) is 8.29.